The van der Waals surface area contributed by atoms with Crippen LogP contribution >= 0.6 is 0 Å². The number of hydrazone groups is 1. The van der Waals surface area contributed by atoms with Crippen molar-refractivity contribution in [2.75, 3.05) is 26.2 Å². The first-order chi connectivity index (χ1) is 17.1. The Hall–Kier alpha value is -3.19. The standard InChI is InChI=1S/C28H34N4O3/c1-3-7-23-19(2)26(30-31-27(23)33)21-10-13-24-25(18-21)35-28(29-24)20-8-11-22(12-9-20)34-17-16-32-14-5-4-6-15-32/h8-13,18-19,23H,3-7,14-17H2,1-2H3,(H,31,33)/t19-,23-/m0/s1. The smallest absolute Gasteiger partial charge is 0.243 e. The van der Waals surface area contributed by atoms with E-state index in [-0.39, 0.29) is 17.7 Å². The van der Waals surface area contributed by atoms with Gasteiger partial charge in [0.05, 0.1) is 5.71 Å². The summed E-state index contributed by atoms with van der Waals surface area (Å²) in [5, 5.41) is 4.37. The highest BCUT2D eigenvalue weighted by molar-refractivity contribution is 6.07. The number of rotatable bonds is 8. The van der Waals surface area contributed by atoms with E-state index in [1.807, 2.05) is 42.5 Å². The summed E-state index contributed by atoms with van der Waals surface area (Å²) in [4.78, 5) is 19.4. The molecule has 1 saturated heterocycles. The zero-order valence-corrected chi connectivity index (χ0v) is 20.6. The third-order valence-electron chi connectivity index (χ3n) is 7.17. The lowest BCUT2D eigenvalue weighted by Gasteiger charge is -2.27. The zero-order chi connectivity index (χ0) is 24.2. The van der Waals surface area contributed by atoms with Gasteiger partial charge in [-0.15, -0.1) is 0 Å². The highest BCUT2D eigenvalue weighted by Crippen LogP contribution is 2.30. The van der Waals surface area contributed by atoms with Crippen molar-refractivity contribution in [3.63, 3.8) is 0 Å². The molecule has 1 aromatic heterocycles. The maximum atomic E-state index is 12.2. The Kier molecular flexibility index (Phi) is 7.13. The fourth-order valence-electron chi connectivity index (χ4n) is 5.11. The Morgan fingerprint density at radius 1 is 1.09 bits per heavy atom. The molecule has 0 radical (unpaired) electrons. The molecule has 3 aromatic rings. The van der Waals surface area contributed by atoms with Gasteiger partial charge < -0.3 is 9.15 Å². The second-order valence-electron chi connectivity index (χ2n) is 9.63. The molecule has 2 aliphatic heterocycles. The van der Waals surface area contributed by atoms with Gasteiger partial charge in [-0.1, -0.05) is 32.8 Å². The minimum Gasteiger partial charge on any atom is -0.492 e. The van der Waals surface area contributed by atoms with Gasteiger partial charge in [0.1, 0.15) is 17.9 Å². The van der Waals surface area contributed by atoms with Gasteiger partial charge in [-0.25, -0.2) is 10.4 Å². The number of aromatic nitrogens is 1. The molecular weight excluding hydrogens is 440 g/mol. The van der Waals surface area contributed by atoms with E-state index in [9.17, 15) is 4.79 Å². The molecule has 7 heteroatoms. The van der Waals surface area contributed by atoms with Crippen molar-refractivity contribution >= 4 is 22.7 Å². The first-order valence-electron chi connectivity index (χ1n) is 12.9. The number of fused-ring (bicyclic) bond motifs is 1. The van der Waals surface area contributed by atoms with Crippen LogP contribution in [0, 0.1) is 11.8 Å². The lowest BCUT2D eigenvalue weighted by atomic mass is 9.82. The fraction of sp³-hybridized carbons (Fsp3) is 0.464. The summed E-state index contributed by atoms with van der Waals surface area (Å²) in [6.45, 7) is 8.21. The maximum Gasteiger partial charge on any atom is 0.243 e. The van der Waals surface area contributed by atoms with E-state index in [0.717, 1.165) is 47.5 Å². The lowest BCUT2D eigenvalue weighted by Crippen LogP contribution is -2.40. The summed E-state index contributed by atoms with van der Waals surface area (Å²) in [7, 11) is 0. The molecule has 1 N–H and O–H groups in total. The van der Waals surface area contributed by atoms with Crippen molar-refractivity contribution in [2.24, 2.45) is 16.9 Å². The number of likely N-dealkylation sites (tertiary alicyclic amines) is 1. The van der Waals surface area contributed by atoms with Gasteiger partial charge in [0.25, 0.3) is 0 Å². The Morgan fingerprint density at radius 3 is 2.63 bits per heavy atom. The SMILES string of the molecule is CCC[C@@H]1C(=O)NN=C(c2ccc3nc(-c4ccc(OCCN5CCCCC5)cc4)oc3c2)[C@H]1C. The number of oxazole rings is 1. The average molecular weight is 475 g/mol. The first kappa shape index (κ1) is 23.5. The Bertz CT molecular complexity index is 1190. The van der Waals surface area contributed by atoms with E-state index in [0.29, 0.717) is 18.1 Å². The second kappa shape index (κ2) is 10.6. The predicted molar refractivity (Wildman–Crippen MR) is 137 cm³/mol. The van der Waals surface area contributed by atoms with Crippen LogP contribution in [0.3, 0.4) is 0 Å². The molecule has 35 heavy (non-hydrogen) atoms. The van der Waals surface area contributed by atoms with Crippen LogP contribution in [0.25, 0.3) is 22.6 Å². The quantitative estimate of drug-likeness (QED) is 0.483. The third-order valence-corrected chi connectivity index (χ3v) is 7.17. The van der Waals surface area contributed by atoms with Crippen molar-refractivity contribution in [2.45, 2.75) is 46.0 Å². The van der Waals surface area contributed by atoms with Crippen LogP contribution in [0.5, 0.6) is 5.75 Å². The number of benzene rings is 2. The van der Waals surface area contributed by atoms with E-state index in [1.165, 1.54) is 32.4 Å². The van der Waals surface area contributed by atoms with Gasteiger partial charge >= 0.3 is 0 Å². The van der Waals surface area contributed by atoms with E-state index in [2.05, 4.69) is 34.3 Å². The molecule has 2 atom stereocenters. The largest absolute Gasteiger partial charge is 0.492 e. The van der Waals surface area contributed by atoms with Crippen LogP contribution in [-0.2, 0) is 4.79 Å². The summed E-state index contributed by atoms with van der Waals surface area (Å²) < 4.78 is 12.1. The van der Waals surface area contributed by atoms with E-state index < -0.39 is 0 Å². The summed E-state index contributed by atoms with van der Waals surface area (Å²) in [6.07, 6.45) is 5.75. The molecule has 5 rings (SSSR count). The predicted octanol–water partition coefficient (Wildman–Crippen LogP) is 5.25. The van der Waals surface area contributed by atoms with Crippen LogP contribution in [-0.4, -0.2) is 47.7 Å². The Balaban J connectivity index is 1.27. The molecule has 7 nitrogen and oxygen atoms in total. The second-order valence-corrected chi connectivity index (χ2v) is 9.63. The molecule has 2 aromatic carbocycles. The molecule has 0 bridgehead atoms. The number of carbonyl (C=O) groups excluding carboxylic acids is 1. The number of nitrogens with one attached hydrogen (secondary N) is 1. The molecule has 3 heterocycles. The van der Waals surface area contributed by atoms with Crippen LogP contribution in [0.15, 0.2) is 52.0 Å². The number of nitrogens with zero attached hydrogens (tertiary/aromatic N) is 3. The lowest BCUT2D eigenvalue weighted by molar-refractivity contribution is -0.126. The highest BCUT2D eigenvalue weighted by atomic mass is 16.5. The Morgan fingerprint density at radius 2 is 1.86 bits per heavy atom. The zero-order valence-electron chi connectivity index (χ0n) is 20.6. The Labute approximate surface area is 206 Å². The maximum absolute atomic E-state index is 12.2. The van der Waals surface area contributed by atoms with Crippen LogP contribution in [0.1, 0.15) is 51.5 Å². The monoisotopic (exact) mass is 474 g/mol. The van der Waals surface area contributed by atoms with Crippen molar-refractivity contribution in [1.82, 2.24) is 15.3 Å². The van der Waals surface area contributed by atoms with Gasteiger partial charge in [-0.05, 0) is 68.8 Å². The molecule has 0 unspecified atom stereocenters. The van der Waals surface area contributed by atoms with E-state index >= 15 is 0 Å². The van der Waals surface area contributed by atoms with Gasteiger partial charge in [0, 0.05) is 29.5 Å². The first-order valence-corrected chi connectivity index (χ1v) is 12.9. The minimum absolute atomic E-state index is 0.00468. The molecular formula is C28H34N4O3. The van der Waals surface area contributed by atoms with Crippen LogP contribution in [0.4, 0.5) is 0 Å². The number of piperidine rings is 1. The van der Waals surface area contributed by atoms with Gasteiger partial charge in [0.2, 0.25) is 11.8 Å². The molecule has 2 aliphatic rings. The number of carbonyl (C=O) groups is 1. The number of hydrogen-bond acceptors (Lipinski definition) is 6. The molecule has 0 aliphatic carbocycles. The van der Waals surface area contributed by atoms with Gasteiger partial charge in [-0.2, -0.15) is 5.10 Å². The molecule has 184 valence electrons. The van der Waals surface area contributed by atoms with Crippen molar-refractivity contribution in [1.29, 1.82) is 0 Å². The van der Waals surface area contributed by atoms with E-state index in [4.69, 9.17) is 9.15 Å². The summed E-state index contributed by atoms with van der Waals surface area (Å²) >= 11 is 0. The topological polar surface area (TPSA) is 80.0 Å². The van der Waals surface area contributed by atoms with Crippen molar-refractivity contribution in [3.8, 4) is 17.2 Å². The van der Waals surface area contributed by atoms with Crippen LogP contribution in [0.2, 0.25) is 0 Å². The normalized spacial score (nSPS) is 21.1. The minimum atomic E-state index is -0.0610. The number of ether oxygens (including phenoxy) is 1. The summed E-state index contributed by atoms with van der Waals surface area (Å²) in [5.41, 5.74) is 6.94. The van der Waals surface area contributed by atoms with E-state index in [1.54, 1.807) is 0 Å². The molecule has 1 fully saturated rings. The molecule has 0 saturated carbocycles. The summed E-state index contributed by atoms with van der Waals surface area (Å²) in [6, 6.07) is 13.8. The average Bonchev–Trinajstić information content (AvgIpc) is 3.31. The molecule has 1 amide bonds. The van der Waals surface area contributed by atoms with Crippen molar-refractivity contribution in [3.05, 3.63) is 48.0 Å². The number of hydrogen-bond donors (Lipinski definition) is 1. The molecule has 0 spiro atoms. The summed E-state index contributed by atoms with van der Waals surface area (Å²) in [5.74, 6) is 1.43. The van der Waals surface area contributed by atoms with Crippen LogP contribution < -0.4 is 10.2 Å². The van der Waals surface area contributed by atoms with Crippen molar-refractivity contribution < 1.29 is 13.9 Å². The highest BCUT2D eigenvalue weighted by Gasteiger charge is 2.32. The van der Waals surface area contributed by atoms with Gasteiger partial charge in [-0.3, -0.25) is 9.69 Å². The number of amides is 1. The third kappa shape index (κ3) is 5.25. The van der Waals surface area contributed by atoms with Gasteiger partial charge in [0.15, 0.2) is 5.58 Å². The fourth-order valence-corrected chi connectivity index (χ4v) is 5.11.